The van der Waals surface area contributed by atoms with Crippen molar-refractivity contribution in [1.82, 2.24) is 14.5 Å². The Morgan fingerprint density at radius 3 is 2.55 bits per heavy atom. The maximum Gasteiger partial charge on any atom is 0.394 e. The predicted octanol–water partition coefficient (Wildman–Crippen LogP) is 1.44. The number of hydrogen-bond donors (Lipinski definition) is 2. The number of ether oxygens (including phenoxy) is 1. The Balaban J connectivity index is 0.000000614. The number of ketones is 1. The van der Waals surface area contributed by atoms with Crippen LogP contribution in [-0.4, -0.2) is 69.9 Å². The maximum absolute atomic E-state index is 12.7. The number of likely N-dealkylation sites (N-methyl/N-ethyl adjacent to an activating group) is 1. The highest BCUT2D eigenvalue weighted by Gasteiger charge is 2.27. The molecule has 1 heterocycles. The van der Waals surface area contributed by atoms with Gasteiger partial charge in [0.25, 0.3) is 0 Å². The zero-order chi connectivity index (χ0) is 23.3. The number of aromatic nitrogens is 2. The summed E-state index contributed by atoms with van der Waals surface area (Å²) in [6.07, 6.45) is 3.28. The van der Waals surface area contributed by atoms with E-state index in [1.807, 2.05) is 31.1 Å². The summed E-state index contributed by atoms with van der Waals surface area (Å²) < 4.78 is 38.6. The quantitative estimate of drug-likeness (QED) is 0.282. The Kier molecular flexibility index (Phi) is 7.62. The molecule has 0 spiro atoms. The van der Waals surface area contributed by atoms with E-state index in [1.54, 1.807) is 19.2 Å². The van der Waals surface area contributed by atoms with Crippen molar-refractivity contribution in [2.75, 3.05) is 27.2 Å². The van der Waals surface area contributed by atoms with E-state index in [1.165, 1.54) is 10.8 Å². The molecular weight excluding hydrogens is 432 g/mol. The molecule has 31 heavy (non-hydrogen) atoms. The fourth-order valence-corrected chi connectivity index (χ4v) is 2.81. The summed E-state index contributed by atoms with van der Waals surface area (Å²) in [5.41, 5.74) is 2.10. The van der Waals surface area contributed by atoms with Crippen LogP contribution in [0.1, 0.15) is 21.7 Å². The molecule has 0 atom stereocenters. The summed E-state index contributed by atoms with van der Waals surface area (Å²) in [6.45, 7) is 1.33. The molecule has 13 heteroatoms. The van der Waals surface area contributed by atoms with Crippen molar-refractivity contribution in [2.24, 2.45) is 7.05 Å². The van der Waals surface area contributed by atoms with E-state index < -0.39 is 15.3 Å². The summed E-state index contributed by atoms with van der Waals surface area (Å²) in [5.74, 6) is 0.836. The summed E-state index contributed by atoms with van der Waals surface area (Å²) in [6, 6.07) is 5.51. The van der Waals surface area contributed by atoms with E-state index in [4.69, 9.17) is 22.3 Å². The SMILES string of the molecule is CN(C)CCOc1ccc2c(c1)C(=O)/C(=C/c1ncc([N+](=O)[O-])n1C)C2.O=S(=O)(O)O. The molecule has 0 amide bonds. The first-order chi connectivity index (χ1) is 14.4. The van der Waals surface area contributed by atoms with Gasteiger partial charge in [-0.15, -0.1) is 0 Å². The lowest BCUT2D eigenvalue weighted by Crippen LogP contribution is -2.19. The van der Waals surface area contributed by atoms with Crippen LogP contribution >= 0.6 is 0 Å². The maximum atomic E-state index is 12.7. The van der Waals surface area contributed by atoms with Crippen LogP contribution in [0.5, 0.6) is 5.75 Å². The van der Waals surface area contributed by atoms with Crippen LogP contribution in [0.15, 0.2) is 30.0 Å². The minimum Gasteiger partial charge on any atom is -0.492 e. The highest BCUT2D eigenvalue weighted by Crippen LogP contribution is 2.31. The number of carbonyl (C=O) groups is 1. The third-order valence-electron chi connectivity index (χ3n) is 4.30. The van der Waals surface area contributed by atoms with Gasteiger partial charge in [0.05, 0.1) is 7.05 Å². The monoisotopic (exact) mass is 454 g/mol. The average molecular weight is 454 g/mol. The van der Waals surface area contributed by atoms with Gasteiger partial charge >= 0.3 is 16.2 Å². The molecule has 0 radical (unpaired) electrons. The lowest BCUT2D eigenvalue weighted by Gasteiger charge is -2.11. The van der Waals surface area contributed by atoms with Crippen molar-refractivity contribution < 1.29 is 32.0 Å². The second kappa shape index (κ2) is 9.78. The average Bonchev–Trinajstić information content (AvgIpc) is 3.14. The van der Waals surface area contributed by atoms with Crippen LogP contribution in [0.25, 0.3) is 6.08 Å². The van der Waals surface area contributed by atoms with Gasteiger partial charge in [-0.25, -0.2) is 9.55 Å². The third-order valence-corrected chi connectivity index (χ3v) is 4.30. The molecule has 1 aromatic heterocycles. The van der Waals surface area contributed by atoms with E-state index in [0.29, 0.717) is 35.7 Å². The van der Waals surface area contributed by atoms with Crippen LogP contribution in [0.3, 0.4) is 0 Å². The highest BCUT2D eigenvalue weighted by atomic mass is 32.3. The second-order valence-corrected chi connectivity index (χ2v) is 7.78. The predicted molar refractivity (Wildman–Crippen MR) is 111 cm³/mol. The van der Waals surface area contributed by atoms with Crippen LogP contribution < -0.4 is 4.74 Å². The zero-order valence-electron chi connectivity index (χ0n) is 17.0. The van der Waals surface area contributed by atoms with Crippen molar-refractivity contribution in [3.05, 3.63) is 57.0 Å². The first-order valence-electron chi connectivity index (χ1n) is 8.88. The van der Waals surface area contributed by atoms with Gasteiger partial charge in [0.15, 0.2) is 5.78 Å². The molecule has 1 aliphatic rings. The van der Waals surface area contributed by atoms with E-state index in [-0.39, 0.29) is 11.6 Å². The van der Waals surface area contributed by atoms with E-state index in [9.17, 15) is 14.9 Å². The van der Waals surface area contributed by atoms with Gasteiger partial charge in [0.1, 0.15) is 18.6 Å². The number of rotatable bonds is 6. The molecule has 0 saturated heterocycles. The lowest BCUT2D eigenvalue weighted by atomic mass is 10.1. The van der Waals surface area contributed by atoms with Crippen molar-refractivity contribution in [2.45, 2.75) is 6.42 Å². The normalized spacial score (nSPS) is 14.4. The van der Waals surface area contributed by atoms with E-state index in [2.05, 4.69) is 4.98 Å². The molecule has 0 bridgehead atoms. The van der Waals surface area contributed by atoms with E-state index in [0.717, 1.165) is 12.1 Å². The molecule has 0 aliphatic heterocycles. The minimum atomic E-state index is -4.67. The molecule has 2 aromatic rings. The van der Waals surface area contributed by atoms with Crippen LogP contribution in [0, 0.1) is 10.1 Å². The molecule has 0 fully saturated rings. The second-order valence-electron chi connectivity index (χ2n) is 6.88. The Morgan fingerprint density at radius 2 is 2.00 bits per heavy atom. The minimum absolute atomic E-state index is 0.0938. The molecule has 0 unspecified atom stereocenters. The standard InChI is InChI=1S/C18H20N4O4.H2O4S/c1-20(2)6-7-26-14-5-4-12-8-13(18(23)15(12)10-14)9-16-19-11-17(21(16)3)22(24)25;1-5(2,3)4/h4-5,9-11H,6-8H2,1-3H3;(H2,1,2,3,4)/b13-9+;. The van der Waals surface area contributed by atoms with Gasteiger partial charge in [0.2, 0.25) is 5.82 Å². The molecule has 1 aromatic carbocycles. The Labute approximate surface area is 178 Å². The number of nitrogens with zero attached hydrogens (tertiary/aromatic N) is 4. The Bertz CT molecular complexity index is 1110. The largest absolute Gasteiger partial charge is 0.492 e. The molecule has 2 N–H and O–H groups in total. The molecular formula is C18H22N4O8S. The van der Waals surface area contributed by atoms with Crippen LogP contribution in [0.4, 0.5) is 5.82 Å². The van der Waals surface area contributed by atoms with Crippen LogP contribution in [-0.2, 0) is 23.9 Å². The lowest BCUT2D eigenvalue weighted by molar-refractivity contribution is -0.391. The van der Waals surface area contributed by atoms with Crippen molar-refractivity contribution >= 4 is 28.1 Å². The van der Waals surface area contributed by atoms with Gasteiger partial charge < -0.3 is 19.8 Å². The van der Waals surface area contributed by atoms with Crippen LogP contribution in [0.2, 0.25) is 0 Å². The number of nitro groups is 1. The van der Waals surface area contributed by atoms with Crippen molar-refractivity contribution in [3.8, 4) is 5.75 Å². The first kappa shape index (κ1) is 24.1. The topological polar surface area (TPSA) is 165 Å². The van der Waals surface area contributed by atoms with Gasteiger partial charge in [0, 0.05) is 30.2 Å². The van der Waals surface area contributed by atoms with Crippen molar-refractivity contribution in [3.63, 3.8) is 0 Å². The zero-order valence-corrected chi connectivity index (χ0v) is 17.9. The molecule has 0 saturated carbocycles. The number of Topliss-reactive ketones (excluding diaryl/α,β-unsaturated/α-hetero) is 1. The summed E-state index contributed by atoms with van der Waals surface area (Å²) in [7, 11) is 0.823. The first-order valence-corrected chi connectivity index (χ1v) is 10.3. The van der Waals surface area contributed by atoms with Gasteiger partial charge in [-0.1, -0.05) is 6.07 Å². The Hall–Kier alpha value is -3.13. The number of benzene rings is 1. The van der Waals surface area contributed by atoms with E-state index >= 15 is 0 Å². The fraction of sp³-hybridized carbons (Fsp3) is 0.333. The van der Waals surface area contributed by atoms with Gasteiger partial charge in [-0.3, -0.25) is 13.9 Å². The number of imidazole rings is 1. The van der Waals surface area contributed by atoms with Gasteiger partial charge in [-0.05, 0) is 36.7 Å². The molecule has 1 aliphatic carbocycles. The molecule has 3 rings (SSSR count). The summed E-state index contributed by atoms with van der Waals surface area (Å²) in [5, 5.41) is 10.9. The Morgan fingerprint density at radius 1 is 1.35 bits per heavy atom. The number of allylic oxidation sites excluding steroid dienone is 1. The fourth-order valence-electron chi connectivity index (χ4n) is 2.81. The number of fused-ring (bicyclic) bond motifs is 1. The summed E-state index contributed by atoms with van der Waals surface area (Å²) in [4.78, 5) is 29.2. The highest BCUT2D eigenvalue weighted by molar-refractivity contribution is 7.79. The third kappa shape index (κ3) is 6.96. The number of hydrogen-bond acceptors (Lipinski definition) is 8. The molecule has 12 nitrogen and oxygen atoms in total. The summed E-state index contributed by atoms with van der Waals surface area (Å²) >= 11 is 0. The molecule has 168 valence electrons. The van der Waals surface area contributed by atoms with Gasteiger partial charge in [-0.2, -0.15) is 8.42 Å². The number of carbonyl (C=O) groups excluding carboxylic acids is 1. The van der Waals surface area contributed by atoms with Crippen molar-refractivity contribution in [1.29, 1.82) is 0 Å². The smallest absolute Gasteiger partial charge is 0.394 e.